The molecule has 1 unspecified atom stereocenters. The van der Waals surface area contributed by atoms with Gasteiger partial charge in [0, 0.05) is 24.6 Å². The smallest absolute Gasteiger partial charge is 0.0858 e. The van der Waals surface area contributed by atoms with Crippen LogP contribution in [0.15, 0.2) is 22.6 Å². The first-order valence-electron chi connectivity index (χ1n) is 3.66. The minimum absolute atomic E-state index is 0.495. The van der Waals surface area contributed by atoms with Gasteiger partial charge in [0.2, 0.25) is 0 Å². The lowest BCUT2D eigenvalue weighted by atomic mass is 10.2. The minimum atomic E-state index is 0.495. The fourth-order valence-electron chi connectivity index (χ4n) is 1.29. The molecule has 0 fully saturated rings. The topological polar surface area (TPSA) is 15.6 Å². The Kier molecular flexibility index (Phi) is 1.66. The third-order valence-corrected chi connectivity index (χ3v) is 2.89. The summed E-state index contributed by atoms with van der Waals surface area (Å²) in [6.07, 6.45) is 3.03. The maximum atomic E-state index is 4.19. The summed E-state index contributed by atoms with van der Waals surface area (Å²) in [6, 6.07) is 4.75. The second-order valence-electron chi connectivity index (χ2n) is 2.64. The van der Waals surface area contributed by atoms with Crippen LogP contribution >= 0.6 is 11.3 Å². The van der Waals surface area contributed by atoms with E-state index in [4.69, 9.17) is 0 Å². The molecular weight excluding hydrogens is 156 g/mol. The Morgan fingerprint density at radius 2 is 2.64 bits per heavy atom. The highest BCUT2D eigenvalue weighted by atomic mass is 32.1. The summed E-state index contributed by atoms with van der Waals surface area (Å²) >= 11 is 1.80. The normalized spacial score (nSPS) is 23.0. The summed E-state index contributed by atoms with van der Waals surface area (Å²) < 4.78 is 0. The largest absolute Gasteiger partial charge is 0.292 e. The molecule has 0 aromatic carbocycles. The van der Waals surface area contributed by atoms with Crippen molar-refractivity contribution in [2.75, 3.05) is 7.05 Å². The Morgan fingerprint density at radius 3 is 3.18 bits per heavy atom. The monoisotopic (exact) mass is 166 g/mol. The number of rotatable bonds is 1. The maximum Gasteiger partial charge on any atom is 0.0858 e. The van der Waals surface area contributed by atoms with Crippen LogP contribution in [-0.2, 0) is 0 Å². The van der Waals surface area contributed by atoms with Crippen molar-refractivity contribution in [1.29, 1.82) is 0 Å². The SMILES string of the molecule is CN1N=CCC1c1cccs1. The quantitative estimate of drug-likeness (QED) is 0.624. The van der Waals surface area contributed by atoms with Crippen molar-refractivity contribution in [1.82, 2.24) is 5.01 Å². The van der Waals surface area contributed by atoms with E-state index in [-0.39, 0.29) is 0 Å². The summed E-state index contributed by atoms with van der Waals surface area (Å²) in [5.41, 5.74) is 0. The molecule has 0 saturated carbocycles. The van der Waals surface area contributed by atoms with Crippen molar-refractivity contribution in [3.05, 3.63) is 22.4 Å². The Balaban J connectivity index is 2.19. The molecule has 2 heterocycles. The van der Waals surface area contributed by atoms with Crippen molar-refractivity contribution >= 4 is 17.6 Å². The van der Waals surface area contributed by atoms with E-state index in [1.165, 1.54) is 4.88 Å². The van der Waals surface area contributed by atoms with Gasteiger partial charge in [0.15, 0.2) is 0 Å². The molecule has 1 aliphatic heterocycles. The van der Waals surface area contributed by atoms with Crippen LogP contribution in [0.4, 0.5) is 0 Å². The summed E-state index contributed by atoms with van der Waals surface area (Å²) in [5, 5.41) is 8.32. The summed E-state index contributed by atoms with van der Waals surface area (Å²) in [6.45, 7) is 0. The van der Waals surface area contributed by atoms with Crippen molar-refractivity contribution < 1.29 is 0 Å². The molecule has 0 saturated heterocycles. The van der Waals surface area contributed by atoms with Gasteiger partial charge < -0.3 is 0 Å². The van der Waals surface area contributed by atoms with Gasteiger partial charge in [-0.1, -0.05) is 6.07 Å². The molecule has 11 heavy (non-hydrogen) atoms. The number of hydrogen-bond donors (Lipinski definition) is 0. The maximum absolute atomic E-state index is 4.19. The van der Waals surface area contributed by atoms with Crippen LogP contribution in [0.5, 0.6) is 0 Å². The molecule has 0 N–H and O–H groups in total. The first kappa shape index (κ1) is 6.85. The molecule has 1 aliphatic rings. The highest BCUT2D eigenvalue weighted by molar-refractivity contribution is 7.10. The summed E-state index contributed by atoms with van der Waals surface area (Å²) in [4.78, 5) is 1.41. The van der Waals surface area contributed by atoms with Gasteiger partial charge in [0.05, 0.1) is 6.04 Å². The second-order valence-corrected chi connectivity index (χ2v) is 3.62. The zero-order valence-corrected chi connectivity index (χ0v) is 7.21. The fourth-order valence-corrected chi connectivity index (χ4v) is 2.17. The van der Waals surface area contributed by atoms with Gasteiger partial charge in [0.25, 0.3) is 0 Å². The number of thiophene rings is 1. The van der Waals surface area contributed by atoms with E-state index in [2.05, 4.69) is 22.6 Å². The number of hydrazone groups is 1. The van der Waals surface area contributed by atoms with E-state index in [1.54, 1.807) is 11.3 Å². The molecule has 3 heteroatoms. The third kappa shape index (κ3) is 1.16. The van der Waals surface area contributed by atoms with E-state index in [0.29, 0.717) is 6.04 Å². The second kappa shape index (κ2) is 2.66. The van der Waals surface area contributed by atoms with E-state index in [1.807, 2.05) is 18.3 Å². The Bertz CT molecular complexity index is 253. The van der Waals surface area contributed by atoms with Crippen LogP contribution in [0.25, 0.3) is 0 Å². The van der Waals surface area contributed by atoms with Gasteiger partial charge in [-0.3, -0.25) is 5.01 Å². The summed E-state index contributed by atoms with van der Waals surface area (Å²) in [7, 11) is 2.02. The standard InChI is InChI=1S/C8H10N2S/c1-10-7(4-5-9-10)8-3-2-6-11-8/h2-3,5-7H,4H2,1H3. The van der Waals surface area contributed by atoms with Crippen LogP contribution in [0.3, 0.4) is 0 Å². The predicted octanol–water partition coefficient (Wildman–Crippen LogP) is 2.11. The van der Waals surface area contributed by atoms with Crippen molar-refractivity contribution in [2.24, 2.45) is 5.10 Å². The number of hydrogen-bond acceptors (Lipinski definition) is 3. The molecule has 1 atom stereocenters. The van der Waals surface area contributed by atoms with E-state index >= 15 is 0 Å². The van der Waals surface area contributed by atoms with Gasteiger partial charge >= 0.3 is 0 Å². The Labute approximate surface area is 70.2 Å². The Hall–Kier alpha value is -0.830. The third-order valence-electron chi connectivity index (χ3n) is 1.92. The molecule has 0 bridgehead atoms. The predicted molar refractivity (Wildman–Crippen MR) is 47.9 cm³/mol. The molecule has 58 valence electrons. The molecule has 1 aromatic heterocycles. The van der Waals surface area contributed by atoms with Gasteiger partial charge in [-0.25, -0.2) is 0 Å². The van der Waals surface area contributed by atoms with Crippen LogP contribution in [0.2, 0.25) is 0 Å². The molecular formula is C8H10N2S. The highest BCUT2D eigenvalue weighted by Gasteiger charge is 2.19. The van der Waals surface area contributed by atoms with Gasteiger partial charge in [-0.05, 0) is 11.4 Å². The van der Waals surface area contributed by atoms with Crippen LogP contribution in [0.1, 0.15) is 17.3 Å². The molecule has 2 rings (SSSR count). The van der Waals surface area contributed by atoms with Gasteiger partial charge in [-0.2, -0.15) is 5.10 Å². The highest BCUT2D eigenvalue weighted by Crippen LogP contribution is 2.29. The van der Waals surface area contributed by atoms with Crippen molar-refractivity contribution in [3.8, 4) is 0 Å². The number of nitrogens with zero attached hydrogens (tertiary/aromatic N) is 2. The lowest BCUT2D eigenvalue weighted by Crippen LogP contribution is -2.12. The van der Waals surface area contributed by atoms with Crippen molar-refractivity contribution in [2.45, 2.75) is 12.5 Å². The Morgan fingerprint density at radius 1 is 1.73 bits per heavy atom. The van der Waals surface area contributed by atoms with E-state index in [0.717, 1.165) is 6.42 Å². The van der Waals surface area contributed by atoms with Crippen LogP contribution in [0, 0.1) is 0 Å². The lowest BCUT2D eigenvalue weighted by Gasteiger charge is -2.16. The first-order chi connectivity index (χ1) is 5.38. The van der Waals surface area contributed by atoms with Crippen LogP contribution in [-0.4, -0.2) is 18.3 Å². The molecule has 0 spiro atoms. The lowest BCUT2D eigenvalue weighted by molar-refractivity contribution is 0.294. The molecule has 2 nitrogen and oxygen atoms in total. The van der Waals surface area contributed by atoms with E-state index < -0.39 is 0 Å². The zero-order chi connectivity index (χ0) is 7.68. The fraction of sp³-hybridized carbons (Fsp3) is 0.375. The van der Waals surface area contributed by atoms with Gasteiger partial charge in [-0.15, -0.1) is 11.3 Å². The first-order valence-corrected chi connectivity index (χ1v) is 4.54. The molecule has 0 radical (unpaired) electrons. The molecule has 1 aromatic rings. The average molecular weight is 166 g/mol. The minimum Gasteiger partial charge on any atom is -0.292 e. The zero-order valence-electron chi connectivity index (χ0n) is 6.40. The molecule has 0 amide bonds. The van der Waals surface area contributed by atoms with Gasteiger partial charge in [0.1, 0.15) is 0 Å². The summed E-state index contributed by atoms with van der Waals surface area (Å²) in [5.74, 6) is 0. The van der Waals surface area contributed by atoms with Crippen LogP contribution < -0.4 is 0 Å². The average Bonchev–Trinajstić information content (AvgIpc) is 2.55. The van der Waals surface area contributed by atoms with E-state index in [9.17, 15) is 0 Å². The molecule has 0 aliphatic carbocycles. The van der Waals surface area contributed by atoms with Crippen molar-refractivity contribution in [3.63, 3.8) is 0 Å².